The zero-order valence-corrected chi connectivity index (χ0v) is 6.88. The van der Waals surface area contributed by atoms with Crippen LogP contribution in [0, 0.1) is 0 Å². The molecule has 0 radical (unpaired) electrons. The van der Waals surface area contributed by atoms with Gasteiger partial charge >= 0.3 is 0 Å². The average Bonchev–Trinajstić information content (AvgIpc) is 2.08. The standard InChI is InChI=1S/C8H6ClNO2/c9-7-1-2-8(10-5-12)6(3-7)4-11/h1-3,11H,4H2. The lowest BCUT2D eigenvalue weighted by atomic mass is 10.2. The van der Waals surface area contributed by atoms with Gasteiger partial charge in [0, 0.05) is 10.6 Å². The van der Waals surface area contributed by atoms with Gasteiger partial charge in [0.05, 0.1) is 12.3 Å². The number of aliphatic hydroxyl groups is 1. The zero-order valence-electron chi connectivity index (χ0n) is 6.12. The fraction of sp³-hybridized carbons (Fsp3) is 0.125. The minimum atomic E-state index is -0.193. The highest BCUT2D eigenvalue weighted by atomic mass is 35.5. The van der Waals surface area contributed by atoms with E-state index in [0.717, 1.165) is 0 Å². The van der Waals surface area contributed by atoms with Gasteiger partial charge < -0.3 is 5.11 Å². The third-order valence-electron chi connectivity index (χ3n) is 1.38. The maximum atomic E-state index is 9.92. The quantitative estimate of drug-likeness (QED) is 0.562. The Balaban J connectivity index is 3.19. The Morgan fingerprint density at radius 1 is 1.58 bits per heavy atom. The average molecular weight is 184 g/mol. The minimum Gasteiger partial charge on any atom is -0.392 e. The molecule has 0 aliphatic heterocycles. The molecule has 0 unspecified atom stereocenters. The summed E-state index contributed by atoms with van der Waals surface area (Å²) in [7, 11) is 0. The van der Waals surface area contributed by atoms with E-state index in [2.05, 4.69) is 4.99 Å². The molecule has 1 aromatic rings. The van der Waals surface area contributed by atoms with Crippen LogP contribution < -0.4 is 0 Å². The third kappa shape index (κ3) is 1.92. The molecular formula is C8H6ClNO2. The maximum absolute atomic E-state index is 9.92. The molecule has 4 heteroatoms. The van der Waals surface area contributed by atoms with Gasteiger partial charge in [0.25, 0.3) is 0 Å². The molecule has 0 aliphatic carbocycles. The molecule has 3 nitrogen and oxygen atoms in total. The van der Waals surface area contributed by atoms with E-state index in [9.17, 15) is 4.79 Å². The Kier molecular flexibility index (Phi) is 3.00. The summed E-state index contributed by atoms with van der Waals surface area (Å²) in [6, 6.07) is 4.70. The van der Waals surface area contributed by atoms with Crippen LogP contribution in [0.2, 0.25) is 5.02 Å². The molecule has 62 valence electrons. The van der Waals surface area contributed by atoms with Gasteiger partial charge in [0.15, 0.2) is 0 Å². The normalized spacial score (nSPS) is 9.17. The van der Waals surface area contributed by atoms with E-state index in [1.54, 1.807) is 18.2 Å². The fourth-order valence-corrected chi connectivity index (χ4v) is 1.03. The Morgan fingerprint density at radius 2 is 2.33 bits per heavy atom. The Labute approximate surface area is 74.3 Å². The molecule has 12 heavy (non-hydrogen) atoms. The number of hydrogen-bond acceptors (Lipinski definition) is 3. The highest BCUT2D eigenvalue weighted by Crippen LogP contribution is 2.22. The lowest BCUT2D eigenvalue weighted by Gasteiger charge is -1.99. The van der Waals surface area contributed by atoms with E-state index >= 15 is 0 Å². The first kappa shape index (κ1) is 8.94. The lowest BCUT2D eigenvalue weighted by Crippen LogP contribution is -1.83. The van der Waals surface area contributed by atoms with Gasteiger partial charge in [-0.3, -0.25) is 0 Å². The highest BCUT2D eigenvalue weighted by molar-refractivity contribution is 6.30. The minimum absolute atomic E-state index is 0.193. The van der Waals surface area contributed by atoms with Crippen LogP contribution in [0.3, 0.4) is 0 Å². The zero-order chi connectivity index (χ0) is 8.97. The van der Waals surface area contributed by atoms with Crippen molar-refractivity contribution in [3.63, 3.8) is 0 Å². The van der Waals surface area contributed by atoms with Gasteiger partial charge in [-0.25, -0.2) is 4.79 Å². The second-order valence-electron chi connectivity index (χ2n) is 2.13. The van der Waals surface area contributed by atoms with Crippen molar-refractivity contribution in [1.29, 1.82) is 0 Å². The SMILES string of the molecule is O=C=Nc1ccc(Cl)cc1CO. The summed E-state index contributed by atoms with van der Waals surface area (Å²) >= 11 is 5.64. The van der Waals surface area contributed by atoms with Crippen LogP contribution in [0.4, 0.5) is 5.69 Å². The molecular weight excluding hydrogens is 178 g/mol. The number of carbonyl (C=O) groups excluding carboxylic acids is 1. The molecule has 0 aromatic heterocycles. The molecule has 0 spiro atoms. The summed E-state index contributed by atoms with van der Waals surface area (Å²) in [6.45, 7) is -0.193. The van der Waals surface area contributed by atoms with E-state index in [-0.39, 0.29) is 6.61 Å². The molecule has 1 rings (SSSR count). The topological polar surface area (TPSA) is 49.7 Å². The van der Waals surface area contributed by atoms with Crippen LogP contribution in [0.25, 0.3) is 0 Å². The number of hydrogen-bond donors (Lipinski definition) is 1. The summed E-state index contributed by atoms with van der Waals surface area (Å²) in [6.07, 6.45) is 1.40. The van der Waals surface area contributed by atoms with Crippen molar-refractivity contribution < 1.29 is 9.90 Å². The molecule has 0 saturated carbocycles. The largest absolute Gasteiger partial charge is 0.392 e. The summed E-state index contributed by atoms with van der Waals surface area (Å²) in [4.78, 5) is 13.3. The molecule has 0 saturated heterocycles. The van der Waals surface area contributed by atoms with Crippen LogP contribution in [-0.2, 0) is 11.4 Å². The second-order valence-corrected chi connectivity index (χ2v) is 2.57. The van der Waals surface area contributed by atoms with Gasteiger partial charge in [0.2, 0.25) is 6.08 Å². The van der Waals surface area contributed by atoms with Crippen LogP contribution in [-0.4, -0.2) is 11.2 Å². The number of halogens is 1. The van der Waals surface area contributed by atoms with Gasteiger partial charge in [-0.15, -0.1) is 0 Å². The fourth-order valence-electron chi connectivity index (χ4n) is 0.839. The van der Waals surface area contributed by atoms with Crippen LogP contribution in [0.5, 0.6) is 0 Å². The van der Waals surface area contributed by atoms with E-state index in [1.165, 1.54) is 6.08 Å². The van der Waals surface area contributed by atoms with Crippen molar-refractivity contribution in [2.75, 3.05) is 0 Å². The Hall–Kier alpha value is -1.15. The summed E-state index contributed by atoms with van der Waals surface area (Å²) in [5.74, 6) is 0. The number of nitrogens with zero attached hydrogens (tertiary/aromatic N) is 1. The monoisotopic (exact) mass is 183 g/mol. The van der Waals surface area contributed by atoms with Crippen molar-refractivity contribution in [1.82, 2.24) is 0 Å². The maximum Gasteiger partial charge on any atom is 0.240 e. The van der Waals surface area contributed by atoms with E-state index in [1.807, 2.05) is 0 Å². The first-order valence-corrected chi connectivity index (χ1v) is 3.63. The molecule has 1 aromatic carbocycles. The highest BCUT2D eigenvalue weighted by Gasteiger charge is 2.00. The van der Waals surface area contributed by atoms with E-state index in [4.69, 9.17) is 16.7 Å². The number of benzene rings is 1. The number of aliphatic imine (C=N–C) groups is 1. The van der Waals surface area contributed by atoms with Crippen LogP contribution in [0.1, 0.15) is 5.56 Å². The Morgan fingerprint density at radius 3 is 2.92 bits per heavy atom. The molecule has 0 bridgehead atoms. The van der Waals surface area contributed by atoms with Crippen molar-refractivity contribution >= 4 is 23.4 Å². The molecule has 0 amide bonds. The van der Waals surface area contributed by atoms with Crippen LogP contribution >= 0.6 is 11.6 Å². The summed E-state index contributed by atoms with van der Waals surface area (Å²) in [5.41, 5.74) is 0.919. The number of isocyanates is 1. The molecule has 0 fully saturated rings. The van der Waals surface area contributed by atoms with Crippen molar-refractivity contribution in [3.8, 4) is 0 Å². The smallest absolute Gasteiger partial charge is 0.240 e. The van der Waals surface area contributed by atoms with Crippen molar-refractivity contribution in [2.45, 2.75) is 6.61 Å². The molecule has 0 atom stereocenters. The van der Waals surface area contributed by atoms with Gasteiger partial charge in [-0.05, 0) is 18.2 Å². The van der Waals surface area contributed by atoms with Crippen LogP contribution in [0.15, 0.2) is 23.2 Å². The molecule has 0 aliphatic rings. The lowest BCUT2D eigenvalue weighted by molar-refractivity contribution is 0.282. The second kappa shape index (κ2) is 4.02. The first-order valence-electron chi connectivity index (χ1n) is 3.25. The predicted octanol–water partition coefficient (Wildman–Crippen LogP) is 1.80. The summed E-state index contributed by atoms with van der Waals surface area (Å²) in [5, 5.41) is 9.32. The Bertz CT molecular complexity index is 332. The van der Waals surface area contributed by atoms with E-state index < -0.39 is 0 Å². The van der Waals surface area contributed by atoms with Crippen molar-refractivity contribution in [3.05, 3.63) is 28.8 Å². The van der Waals surface area contributed by atoms with E-state index in [0.29, 0.717) is 16.3 Å². The number of rotatable bonds is 2. The van der Waals surface area contributed by atoms with Crippen molar-refractivity contribution in [2.24, 2.45) is 4.99 Å². The summed E-state index contributed by atoms with van der Waals surface area (Å²) < 4.78 is 0. The predicted molar refractivity (Wildman–Crippen MR) is 45.2 cm³/mol. The third-order valence-corrected chi connectivity index (χ3v) is 1.61. The molecule has 1 N–H and O–H groups in total. The van der Waals surface area contributed by atoms with Gasteiger partial charge in [-0.1, -0.05) is 11.6 Å². The van der Waals surface area contributed by atoms with Gasteiger partial charge in [0.1, 0.15) is 0 Å². The first-order chi connectivity index (χ1) is 5.77. The number of aliphatic hydroxyl groups excluding tert-OH is 1. The molecule has 0 heterocycles. The van der Waals surface area contributed by atoms with Gasteiger partial charge in [-0.2, -0.15) is 4.99 Å².